The number of aromatic amines is 1. The lowest BCUT2D eigenvalue weighted by molar-refractivity contribution is 0.141. The van der Waals surface area contributed by atoms with Crippen molar-refractivity contribution in [2.45, 2.75) is 25.8 Å². The summed E-state index contributed by atoms with van der Waals surface area (Å²) in [5, 5.41) is 0. The Labute approximate surface area is 104 Å². The van der Waals surface area contributed by atoms with Gasteiger partial charge in [0, 0.05) is 17.9 Å². The van der Waals surface area contributed by atoms with Crippen molar-refractivity contribution in [3.63, 3.8) is 0 Å². The van der Waals surface area contributed by atoms with Crippen molar-refractivity contribution >= 4 is 12.4 Å². The van der Waals surface area contributed by atoms with Gasteiger partial charge in [0.25, 0.3) is 0 Å². The molecule has 1 atom stereocenters. The molecule has 3 nitrogen and oxygen atoms in total. The van der Waals surface area contributed by atoms with Crippen LogP contribution in [0.2, 0.25) is 0 Å². The molecule has 1 aliphatic heterocycles. The summed E-state index contributed by atoms with van der Waals surface area (Å²) in [6.07, 6.45) is 4.50. The van der Waals surface area contributed by atoms with E-state index in [4.69, 9.17) is 5.73 Å². The third-order valence-corrected chi connectivity index (χ3v) is 3.60. The smallest absolute Gasteiger partial charge is 0.0470 e. The summed E-state index contributed by atoms with van der Waals surface area (Å²) in [5.74, 6) is 0.747. The average molecular weight is 244 g/mol. The number of nitrogens with one attached hydrogen (secondary N) is 1. The maximum atomic E-state index is 5.69. The third kappa shape index (κ3) is 3.00. The standard InChI is InChI=1S/C12H21N3.ClH/c1-10(12-3-2-6-14-12)15-7-4-11(9-13)5-8-15;/h2-3,6,10-11,14H,4-5,7-9,13H2,1H3;1H. The van der Waals surface area contributed by atoms with Crippen molar-refractivity contribution in [3.8, 4) is 0 Å². The Bertz CT molecular complexity index is 278. The second kappa shape index (κ2) is 6.28. The highest BCUT2D eigenvalue weighted by molar-refractivity contribution is 5.85. The monoisotopic (exact) mass is 243 g/mol. The molecular formula is C12H22ClN3. The molecule has 1 aromatic rings. The Balaban J connectivity index is 0.00000128. The van der Waals surface area contributed by atoms with Gasteiger partial charge in [-0.3, -0.25) is 4.90 Å². The number of nitrogens with zero attached hydrogens (tertiary/aromatic N) is 1. The van der Waals surface area contributed by atoms with Gasteiger partial charge in [-0.1, -0.05) is 0 Å². The minimum absolute atomic E-state index is 0. The van der Waals surface area contributed by atoms with Crippen LogP contribution in [0, 0.1) is 5.92 Å². The second-order valence-electron chi connectivity index (χ2n) is 4.52. The van der Waals surface area contributed by atoms with Crippen LogP contribution in [0.4, 0.5) is 0 Å². The summed E-state index contributed by atoms with van der Waals surface area (Å²) >= 11 is 0. The Hall–Kier alpha value is -0.510. The molecule has 1 aromatic heterocycles. The average Bonchev–Trinajstić information content (AvgIpc) is 2.82. The number of halogens is 1. The van der Waals surface area contributed by atoms with Crippen LogP contribution in [-0.4, -0.2) is 29.5 Å². The van der Waals surface area contributed by atoms with E-state index in [0.29, 0.717) is 6.04 Å². The Kier molecular flexibility index (Phi) is 5.32. The fraction of sp³-hybridized carbons (Fsp3) is 0.667. The summed E-state index contributed by atoms with van der Waals surface area (Å²) in [5.41, 5.74) is 7.02. The number of likely N-dealkylation sites (tertiary alicyclic amines) is 1. The van der Waals surface area contributed by atoms with Crippen LogP contribution in [0.3, 0.4) is 0 Å². The highest BCUT2D eigenvalue weighted by Gasteiger charge is 2.22. The van der Waals surface area contributed by atoms with Crippen LogP contribution in [0.15, 0.2) is 18.3 Å². The fourth-order valence-corrected chi connectivity index (χ4v) is 2.38. The normalized spacial score (nSPS) is 20.4. The van der Waals surface area contributed by atoms with E-state index in [-0.39, 0.29) is 12.4 Å². The fourth-order valence-electron chi connectivity index (χ4n) is 2.38. The zero-order chi connectivity index (χ0) is 10.7. The van der Waals surface area contributed by atoms with Gasteiger partial charge in [0.15, 0.2) is 0 Å². The van der Waals surface area contributed by atoms with Crippen molar-refractivity contribution in [1.29, 1.82) is 0 Å². The molecule has 0 saturated carbocycles. The number of hydrogen-bond acceptors (Lipinski definition) is 2. The molecule has 1 aliphatic rings. The molecule has 0 bridgehead atoms. The van der Waals surface area contributed by atoms with Crippen molar-refractivity contribution in [2.24, 2.45) is 11.7 Å². The lowest BCUT2D eigenvalue weighted by atomic mass is 9.96. The van der Waals surface area contributed by atoms with Crippen LogP contribution in [0.5, 0.6) is 0 Å². The van der Waals surface area contributed by atoms with Crippen molar-refractivity contribution in [1.82, 2.24) is 9.88 Å². The molecule has 2 heterocycles. The molecule has 16 heavy (non-hydrogen) atoms. The SMILES string of the molecule is CC(c1ccc[nH]1)N1CCC(CN)CC1.Cl. The predicted octanol–water partition coefficient (Wildman–Crippen LogP) is 2.17. The molecule has 3 N–H and O–H groups in total. The van der Waals surface area contributed by atoms with E-state index in [1.54, 1.807) is 0 Å². The van der Waals surface area contributed by atoms with Gasteiger partial charge in [-0.15, -0.1) is 12.4 Å². The lowest BCUT2D eigenvalue weighted by Gasteiger charge is -2.35. The summed E-state index contributed by atoms with van der Waals surface area (Å²) < 4.78 is 0. The summed E-state index contributed by atoms with van der Waals surface area (Å²) in [6, 6.07) is 4.75. The first-order valence-electron chi connectivity index (χ1n) is 5.88. The van der Waals surface area contributed by atoms with Crippen LogP contribution < -0.4 is 5.73 Å². The van der Waals surface area contributed by atoms with E-state index in [0.717, 1.165) is 12.5 Å². The van der Waals surface area contributed by atoms with E-state index in [1.165, 1.54) is 31.6 Å². The minimum Gasteiger partial charge on any atom is -0.364 e. The number of aromatic nitrogens is 1. The van der Waals surface area contributed by atoms with Gasteiger partial charge in [0.2, 0.25) is 0 Å². The van der Waals surface area contributed by atoms with Gasteiger partial charge in [-0.05, 0) is 57.5 Å². The first-order chi connectivity index (χ1) is 7.31. The first-order valence-corrected chi connectivity index (χ1v) is 5.88. The molecule has 1 fully saturated rings. The van der Waals surface area contributed by atoms with Gasteiger partial charge in [0.1, 0.15) is 0 Å². The Morgan fingerprint density at radius 3 is 2.69 bits per heavy atom. The molecule has 1 saturated heterocycles. The van der Waals surface area contributed by atoms with Crippen molar-refractivity contribution in [2.75, 3.05) is 19.6 Å². The van der Waals surface area contributed by atoms with Gasteiger partial charge >= 0.3 is 0 Å². The first kappa shape index (κ1) is 13.6. The molecule has 0 spiro atoms. The molecule has 2 rings (SSSR count). The molecule has 0 aliphatic carbocycles. The molecular weight excluding hydrogens is 222 g/mol. The molecule has 0 amide bonds. The number of nitrogens with two attached hydrogens (primary N) is 1. The maximum Gasteiger partial charge on any atom is 0.0470 e. The highest BCUT2D eigenvalue weighted by atomic mass is 35.5. The zero-order valence-corrected chi connectivity index (χ0v) is 10.7. The molecule has 92 valence electrons. The lowest BCUT2D eigenvalue weighted by Crippen LogP contribution is -2.37. The quantitative estimate of drug-likeness (QED) is 0.855. The highest BCUT2D eigenvalue weighted by Crippen LogP contribution is 2.24. The van der Waals surface area contributed by atoms with Crippen LogP contribution >= 0.6 is 12.4 Å². The van der Waals surface area contributed by atoms with Crippen LogP contribution in [0.25, 0.3) is 0 Å². The van der Waals surface area contributed by atoms with Crippen LogP contribution in [0.1, 0.15) is 31.5 Å². The molecule has 0 radical (unpaired) electrons. The third-order valence-electron chi connectivity index (χ3n) is 3.60. The predicted molar refractivity (Wildman–Crippen MR) is 69.8 cm³/mol. The summed E-state index contributed by atoms with van der Waals surface area (Å²) in [4.78, 5) is 5.83. The number of piperidine rings is 1. The molecule has 1 unspecified atom stereocenters. The molecule has 0 aromatic carbocycles. The van der Waals surface area contributed by atoms with Gasteiger partial charge in [-0.25, -0.2) is 0 Å². The van der Waals surface area contributed by atoms with E-state index >= 15 is 0 Å². The second-order valence-corrected chi connectivity index (χ2v) is 4.52. The summed E-state index contributed by atoms with van der Waals surface area (Å²) in [6.45, 7) is 5.49. The van der Waals surface area contributed by atoms with Crippen LogP contribution in [-0.2, 0) is 0 Å². The van der Waals surface area contributed by atoms with Gasteiger partial charge in [0.05, 0.1) is 0 Å². The largest absolute Gasteiger partial charge is 0.364 e. The number of H-pyrrole nitrogens is 1. The van der Waals surface area contributed by atoms with Crippen molar-refractivity contribution in [3.05, 3.63) is 24.0 Å². The van der Waals surface area contributed by atoms with E-state index < -0.39 is 0 Å². The van der Waals surface area contributed by atoms with E-state index in [9.17, 15) is 0 Å². The number of hydrogen-bond donors (Lipinski definition) is 2. The van der Waals surface area contributed by atoms with Crippen molar-refractivity contribution < 1.29 is 0 Å². The maximum absolute atomic E-state index is 5.69. The zero-order valence-electron chi connectivity index (χ0n) is 9.86. The van der Waals surface area contributed by atoms with E-state index in [1.807, 2.05) is 6.20 Å². The number of rotatable bonds is 3. The topological polar surface area (TPSA) is 45.0 Å². The van der Waals surface area contributed by atoms with E-state index in [2.05, 4.69) is 28.9 Å². The van der Waals surface area contributed by atoms with Gasteiger partial charge < -0.3 is 10.7 Å². The Morgan fingerprint density at radius 2 is 2.19 bits per heavy atom. The molecule has 4 heteroatoms. The summed E-state index contributed by atoms with van der Waals surface area (Å²) in [7, 11) is 0. The van der Waals surface area contributed by atoms with Gasteiger partial charge in [-0.2, -0.15) is 0 Å². The minimum atomic E-state index is 0. The Morgan fingerprint density at radius 1 is 1.50 bits per heavy atom.